The maximum atomic E-state index is 12.7. The fourth-order valence-corrected chi connectivity index (χ4v) is 2.84. The van der Waals surface area contributed by atoms with Gasteiger partial charge in [0, 0.05) is 12.2 Å². The molecular weight excluding hydrogens is 458 g/mol. The standard InChI is InChI=1S/C19H27N5O8S/c20-11(6-15(21)27)16(28)23-13(7-25)18(30)22-12(5-9-1-3-10(26)4-2-9)17(29)24-14(8-33)19(31)32/h1-4,11-14,25-26,33H,5-8,20H2,(H2,21,27)(H,22,30)(H,23,28)(H,24,29)(H,31,32). The fourth-order valence-electron chi connectivity index (χ4n) is 2.59. The van der Waals surface area contributed by atoms with Gasteiger partial charge in [0.2, 0.25) is 23.6 Å². The lowest BCUT2D eigenvalue weighted by molar-refractivity contribution is -0.141. The second-order valence-electron chi connectivity index (χ2n) is 7.03. The first-order valence-electron chi connectivity index (χ1n) is 9.65. The third-order valence-corrected chi connectivity index (χ3v) is 4.74. The molecule has 0 saturated carbocycles. The summed E-state index contributed by atoms with van der Waals surface area (Å²) in [6.45, 7) is -0.858. The Balaban J connectivity index is 3.00. The molecule has 10 N–H and O–H groups in total. The first kappa shape index (κ1) is 27.7. The lowest BCUT2D eigenvalue weighted by Gasteiger charge is -2.24. The van der Waals surface area contributed by atoms with Crippen LogP contribution in [0.3, 0.4) is 0 Å². The average Bonchev–Trinajstić information content (AvgIpc) is 2.75. The van der Waals surface area contributed by atoms with Crippen LogP contribution in [0.2, 0.25) is 0 Å². The van der Waals surface area contributed by atoms with E-state index >= 15 is 0 Å². The molecule has 0 aliphatic carbocycles. The number of aliphatic hydroxyl groups is 1. The Labute approximate surface area is 194 Å². The fraction of sp³-hybridized carbons (Fsp3) is 0.421. The summed E-state index contributed by atoms with van der Waals surface area (Å²) in [5, 5.41) is 34.8. The Morgan fingerprint density at radius 1 is 0.909 bits per heavy atom. The average molecular weight is 486 g/mol. The van der Waals surface area contributed by atoms with Gasteiger partial charge in [0.1, 0.15) is 23.9 Å². The molecule has 0 spiro atoms. The number of carbonyl (C=O) groups is 5. The van der Waals surface area contributed by atoms with Crippen LogP contribution >= 0.6 is 12.6 Å². The van der Waals surface area contributed by atoms with Crippen molar-refractivity contribution in [1.82, 2.24) is 16.0 Å². The lowest BCUT2D eigenvalue weighted by Crippen LogP contribution is -2.58. The SMILES string of the molecule is NC(=O)CC(N)C(=O)NC(CO)C(=O)NC(Cc1ccc(O)cc1)C(=O)NC(CS)C(=O)O. The van der Waals surface area contributed by atoms with Crippen LogP contribution in [-0.2, 0) is 30.4 Å². The molecule has 0 aromatic heterocycles. The van der Waals surface area contributed by atoms with Gasteiger partial charge in [-0.3, -0.25) is 19.2 Å². The van der Waals surface area contributed by atoms with Crippen molar-refractivity contribution in [3.05, 3.63) is 29.8 Å². The highest BCUT2D eigenvalue weighted by Crippen LogP contribution is 2.12. The first-order valence-corrected chi connectivity index (χ1v) is 10.3. The molecule has 33 heavy (non-hydrogen) atoms. The van der Waals surface area contributed by atoms with Gasteiger partial charge >= 0.3 is 5.97 Å². The number of phenols is 1. The molecule has 14 heteroatoms. The quantitative estimate of drug-likeness (QED) is 0.126. The van der Waals surface area contributed by atoms with E-state index in [9.17, 15) is 34.2 Å². The summed E-state index contributed by atoms with van der Waals surface area (Å²) < 4.78 is 0. The molecule has 1 aromatic carbocycles. The number of aromatic hydroxyl groups is 1. The minimum atomic E-state index is -1.52. The van der Waals surface area contributed by atoms with Crippen molar-refractivity contribution >= 4 is 42.2 Å². The molecule has 0 fully saturated rings. The third-order valence-electron chi connectivity index (χ3n) is 4.38. The molecule has 0 aliphatic heterocycles. The number of rotatable bonds is 13. The van der Waals surface area contributed by atoms with Gasteiger partial charge in [0.05, 0.1) is 19.1 Å². The number of phenolic OH excluding ortho intramolecular Hbond substituents is 1. The van der Waals surface area contributed by atoms with Crippen molar-refractivity contribution in [2.45, 2.75) is 37.0 Å². The van der Waals surface area contributed by atoms with Crippen molar-refractivity contribution in [2.75, 3.05) is 12.4 Å². The third kappa shape index (κ3) is 9.34. The zero-order valence-electron chi connectivity index (χ0n) is 17.4. The van der Waals surface area contributed by atoms with Gasteiger partial charge in [-0.1, -0.05) is 12.1 Å². The van der Waals surface area contributed by atoms with Crippen LogP contribution in [0.25, 0.3) is 0 Å². The summed E-state index contributed by atoms with van der Waals surface area (Å²) >= 11 is 3.87. The molecule has 0 aliphatic rings. The van der Waals surface area contributed by atoms with Gasteiger partial charge in [-0.2, -0.15) is 12.6 Å². The van der Waals surface area contributed by atoms with Gasteiger partial charge in [0.25, 0.3) is 0 Å². The molecule has 0 radical (unpaired) electrons. The van der Waals surface area contributed by atoms with Crippen molar-refractivity contribution in [1.29, 1.82) is 0 Å². The number of carboxylic acids is 1. The molecule has 0 heterocycles. The zero-order valence-corrected chi connectivity index (χ0v) is 18.3. The molecule has 4 amide bonds. The first-order chi connectivity index (χ1) is 15.5. The number of aliphatic hydroxyl groups excluding tert-OH is 1. The molecule has 182 valence electrons. The Bertz CT molecular complexity index is 866. The second kappa shape index (κ2) is 13.2. The van der Waals surface area contributed by atoms with E-state index in [0.717, 1.165) is 0 Å². The van der Waals surface area contributed by atoms with E-state index < -0.39 is 66.8 Å². The van der Waals surface area contributed by atoms with Gasteiger partial charge in [-0.15, -0.1) is 0 Å². The number of carbonyl (C=O) groups excluding carboxylic acids is 4. The minimum Gasteiger partial charge on any atom is -0.508 e. The van der Waals surface area contributed by atoms with E-state index in [1.54, 1.807) is 0 Å². The van der Waals surface area contributed by atoms with Crippen LogP contribution in [0.4, 0.5) is 0 Å². The molecule has 0 saturated heterocycles. The Morgan fingerprint density at radius 2 is 1.42 bits per heavy atom. The summed E-state index contributed by atoms with van der Waals surface area (Å²) in [6, 6.07) is 0.174. The molecule has 0 bridgehead atoms. The summed E-state index contributed by atoms with van der Waals surface area (Å²) in [5.74, 6) is -5.17. The highest BCUT2D eigenvalue weighted by molar-refractivity contribution is 7.80. The summed E-state index contributed by atoms with van der Waals surface area (Å²) in [7, 11) is 0. The van der Waals surface area contributed by atoms with E-state index in [2.05, 4.69) is 28.6 Å². The van der Waals surface area contributed by atoms with Gasteiger partial charge in [0.15, 0.2) is 0 Å². The maximum absolute atomic E-state index is 12.7. The molecule has 4 atom stereocenters. The zero-order chi connectivity index (χ0) is 25.1. The number of hydrogen-bond donors (Lipinski definition) is 9. The van der Waals surface area contributed by atoms with Crippen molar-refractivity contribution in [3.8, 4) is 5.75 Å². The smallest absolute Gasteiger partial charge is 0.327 e. The van der Waals surface area contributed by atoms with Gasteiger partial charge < -0.3 is 42.7 Å². The molecule has 1 aromatic rings. The second-order valence-corrected chi connectivity index (χ2v) is 7.40. The number of amides is 4. The largest absolute Gasteiger partial charge is 0.508 e. The molecule has 4 unspecified atom stereocenters. The lowest BCUT2D eigenvalue weighted by atomic mass is 10.0. The number of benzene rings is 1. The monoisotopic (exact) mass is 485 g/mol. The van der Waals surface area contributed by atoms with Gasteiger partial charge in [-0.05, 0) is 17.7 Å². The van der Waals surface area contributed by atoms with Crippen LogP contribution in [0.5, 0.6) is 5.75 Å². The number of nitrogens with two attached hydrogens (primary N) is 2. The Morgan fingerprint density at radius 3 is 1.91 bits per heavy atom. The molecule has 1 rings (SSSR count). The van der Waals surface area contributed by atoms with Crippen LogP contribution in [0, 0.1) is 0 Å². The van der Waals surface area contributed by atoms with Crippen molar-refractivity contribution in [3.63, 3.8) is 0 Å². The topological polar surface area (TPSA) is 234 Å². The predicted molar refractivity (Wildman–Crippen MR) is 118 cm³/mol. The number of hydrogen-bond acceptors (Lipinski definition) is 9. The molecular formula is C19H27N5O8S. The summed E-state index contributed by atoms with van der Waals surface area (Å²) in [4.78, 5) is 59.5. The predicted octanol–water partition coefficient (Wildman–Crippen LogP) is -3.40. The van der Waals surface area contributed by atoms with Crippen LogP contribution in [0.15, 0.2) is 24.3 Å². The van der Waals surface area contributed by atoms with Crippen molar-refractivity contribution in [2.24, 2.45) is 11.5 Å². The minimum absolute atomic E-state index is 0.0276. The Hall–Kier alpha value is -3.36. The number of thiol groups is 1. The van der Waals surface area contributed by atoms with Gasteiger partial charge in [-0.25, -0.2) is 4.79 Å². The number of primary amides is 1. The maximum Gasteiger partial charge on any atom is 0.327 e. The number of carboxylic acid groups (broad SMARTS) is 1. The summed E-state index contributed by atoms with van der Waals surface area (Å²) in [6.07, 6.45) is -0.595. The Kier molecular flexibility index (Phi) is 11.1. The number of nitrogens with one attached hydrogen (secondary N) is 3. The summed E-state index contributed by atoms with van der Waals surface area (Å²) in [5.41, 5.74) is 11.0. The van der Waals surface area contributed by atoms with E-state index in [-0.39, 0.29) is 17.9 Å². The van der Waals surface area contributed by atoms with Crippen LogP contribution < -0.4 is 27.4 Å². The normalized spacial score (nSPS) is 14.3. The van der Waals surface area contributed by atoms with E-state index in [1.807, 2.05) is 0 Å². The van der Waals surface area contributed by atoms with Crippen LogP contribution in [-0.4, -0.2) is 81.4 Å². The van der Waals surface area contributed by atoms with Crippen LogP contribution in [0.1, 0.15) is 12.0 Å². The van der Waals surface area contributed by atoms with Crippen molar-refractivity contribution < 1.29 is 39.3 Å². The highest BCUT2D eigenvalue weighted by Gasteiger charge is 2.30. The molecule has 13 nitrogen and oxygen atoms in total. The van der Waals surface area contributed by atoms with E-state index in [4.69, 9.17) is 16.6 Å². The van der Waals surface area contributed by atoms with E-state index in [0.29, 0.717) is 5.56 Å². The number of aliphatic carboxylic acids is 1. The van der Waals surface area contributed by atoms with E-state index in [1.165, 1.54) is 24.3 Å². The highest BCUT2D eigenvalue weighted by atomic mass is 32.1.